The van der Waals surface area contributed by atoms with E-state index in [0.717, 1.165) is 17.3 Å². The number of nitrogens with zero attached hydrogens (tertiary/aromatic N) is 6. The molecule has 40 heavy (non-hydrogen) atoms. The van der Waals surface area contributed by atoms with E-state index in [2.05, 4.69) is 36.0 Å². The first-order chi connectivity index (χ1) is 19.0. The smallest absolute Gasteiger partial charge is 0.369 e. The molecule has 3 aromatic heterocycles. The van der Waals surface area contributed by atoms with E-state index in [0.29, 0.717) is 12.1 Å². The van der Waals surface area contributed by atoms with E-state index in [-0.39, 0.29) is 35.1 Å². The van der Waals surface area contributed by atoms with Crippen molar-refractivity contribution in [2.45, 2.75) is 12.7 Å². The van der Waals surface area contributed by atoms with Gasteiger partial charge in [-0.3, -0.25) is 19.4 Å². The summed E-state index contributed by atoms with van der Waals surface area (Å²) in [6, 6.07) is 9.72. The molecule has 13 nitrogen and oxygen atoms in total. The first-order valence-electron chi connectivity index (χ1n) is 11.5. The van der Waals surface area contributed by atoms with Crippen molar-refractivity contribution in [2.75, 3.05) is 26.0 Å². The maximum Gasteiger partial charge on any atom is 0.451 e. The predicted molar refractivity (Wildman–Crippen MR) is 136 cm³/mol. The standard InChI is InChI=1S/C24H25F3N10O3/c1-36(13-16-6-3-4-9-29-16)22(40)20(21(35-28)37(2)14-38)30-12-19(39)34-18-8-5-7-17(33-18)15-10-31-23(32-11-15)24(25,26)27/h3-11,14,30,35H,12-13,28H2,1-2H3,(H,33,34,39)/b21-20+. The Kier molecular flexibility index (Phi) is 9.64. The fraction of sp³-hybridized carbons (Fsp3) is 0.208. The number of alkyl halides is 3. The molecule has 3 rings (SSSR count). The van der Waals surface area contributed by atoms with Gasteiger partial charge in [0.15, 0.2) is 5.82 Å². The lowest BCUT2D eigenvalue weighted by Gasteiger charge is -2.24. The van der Waals surface area contributed by atoms with Gasteiger partial charge in [0.05, 0.1) is 24.5 Å². The molecule has 210 valence electrons. The first kappa shape index (κ1) is 29.4. The summed E-state index contributed by atoms with van der Waals surface area (Å²) >= 11 is 0. The molecule has 0 saturated carbocycles. The lowest BCUT2D eigenvalue weighted by Crippen LogP contribution is -2.43. The van der Waals surface area contributed by atoms with E-state index < -0.39 is 30.4 Å². The van der Waals surface area contributed by atoms with E-state index in [4.69, 9.17) is 5.84 Å². The zero-order valence-corrected chi connectivity index (χ0v) is 21.3. The number of rotatable bonds is 11. The topological polar surface area (TPSA) is 171 Å². The second kappa shape index (κ2) is 13.1. The van der Waals surface area contributed by atoms with E-state index >= 15 is 0 Å². The van der Waals surface area contributed by atoms with Crippen LogP contribution in [0.3, 0.4) is 0 Å². The summed E-state index contributed by atoms with van der Waals surface area (Å²) in [5.41, 5.74) is 3.13. The number of carbonyl (C=O) groups is 3. The first-order valence-corrected chi connectivity index (χ1v) is 11.5. The average molecular weight is 559 g/mol. The van der Waals surface area contributed by atoms with Gasteiger partial charge < -0.3 is 25.9 Å². The van der Waals surface area contributed by atoms with Crippen molar-refractivity contribution in [3.05, 3.63) is 78.0 Å². The molecule has 0 aliphatic carbocycles. The van der Waals surface area contributed by atoms with Gasteiger partial charge in [-0.05, 0) is 24.3 Å². The predicted octanol–water partition coefficient (Wildman–Crippen LogP) is 0.860. The number of anilines is 1. The second-order valence-corrected chi connectivity index (χ2v) is 8.17. The highest BCUT2D eigenvalue weighted by Crippen LogP contribution is 2.26. The molecule has 0 aromatic carbocycles. The minimum Gasteiger partial charge on any atom is -0.369 e. The quantitative estimate of drug-likeness (QED) is 0.115. The third-order valence-electron chi connectivity index (χ3n) is 5.21. The average Bonchev–Trinajstić information content (AvgIpc) is 2.94. The lowest BCUT2D eigenvalue weighted by atomic mass is 10.2. The van der Waals surface area contributed by atoms with Crippen molar-refractivity contribution in [3.63, 3.8) is 0 Å². The summed E-state index contributed by atoms with van der Waals surface area (Å²) in [6.45, 7) is -0.310. The Balaban J connectivity index is 1.74. The number of likely N-dealkylation sites (N-methyl/N-ethyl adjacent to an activating group) is 1. The van der Waals surface area contributed by atoms with Gasteiger partial charge in [-0.15, -0.1) is 0 Å². The minimum absolute atomic E-state index is 0.0792. The van der Waals surface area contributed by atoms with Crippen molar-refractivity contribution < 1.29 is 27.6 Å². The fourth-order valence-electron chi connectivity index (χ4n) is 3.29. The summed E-state index contributed by atoms with van der Waals surface area (Å²) in [5.74, 6) is 3.03. The van der Waals surface area contributed by atoms with Crippen LogP contribution in [0.4, 0.5) is 19.0 Å². The highest BCUT2D eigenvalue weighted by atomic mass is 19.4. The monoisotopic (exact) mass is 558 g/mol. The maximum absolute atomic E-state index is 13.2. The zero-order valence-electron chi connectivity index (χ0n) is 21.3. The second-order valence-electron chi connectivity index (χ2n) is 8.17. The zero-order chi connectivity index (χ0) is 29.3. The van der Waals surface area contributed by atoms with E-state index in [1.807, 2.05) is 0 Å². The van der Waals surface area contributed by atoms with Crippen LogP contribution in [0.1, 0.15) is 11.5 Å². The lowest BCUT2D eigenvalue weighted by molar-refractivity contribution is -0.145. The number of carbonyl (C=O) groups excluding carboxylic acids is 3. The summed E-state index contributed by atoms with van der Waals surface area (Å²) in [6.07, 6.45) is -0.742. The number of pyridine rings is 2. The van der Waals surface area contributed by atoms with E-state index in [9.17, 15) is 27.6 Å². The van der Waals surface area contributed by atoms with Crippen LogP contribution in [-0.2, 0) is 27.1 Å². The van der Waals surface area contributed by atoms with Crippen LogP contribution in [0.2, 0.25) is 0 Å². The Bertz CT molecular complexity index is 1370. The van der Waals surface area contributed by atoms with Crippen LogP contribution >= 0.6 is 0 Å². The number of hydrogen-bond donors (Lipinski definition) is 4. The molecular weight excluding hydrogens is 533 g/mol. The molecule has 16 heteroatoms. The third-order valence-corrected chi connectivity index (χ3v) is 5.21. The van der Waals surface area contributed by atoms with Crippen molar-refractivity contribution in [2.24, 2.45) is 5.84 Å². The molecule has 0 spiro atoms. The van der Waals surface area contributed by atoms with Gasteiger partial charge in [0.1, 0.15) is 11.5 Å². The van der Waals surface area contributed by atoms with Crippen LogP contribution in [-0.4, -0.2) is 68.6 Å². The van der Waals surface area contributed by atoms with Crippen molar-refractivity contribution in [3.8, 4) is 11.3 Å². The molecular formula is C24H25F3N10O3. The van der Waals surface area contributed by atoms with E-state index in [1.165, 1.54) is 37.2 Å². The molecule has 5 N–H and O–H groups in total. The van der Waals surface area contributed by atoms with Crippen molar-refractivity contribution in [1.82, 2.24) is 40.5 Å². The van der Waals surface area contributed by atoms with Crippen LogP contribution in [0.25, 0.3) is 11.3 Å². The Hall–Kier alpha value is -5.12. The molecule has 3 heterocycles. The molecule has 0 fully saturated rings. The molecule has 0 saturated heterocycles. The SMILES string of the molecule is CN(Cc1ccccn1)C(=O)/C(NCC(=O)Nc1cccc(-c2cnc(C(F)(F)F)nc2)n1)=C(/NN)N(C)C=O. The van der Waals surface area contributed by atoms with Crippen LogP contribution in [0.5, 0.6) is 0 Å². The van der Waals surface area contributed by atoms with Gasteiger partial charge in [0, 0.05) is 38.2 Å². The molecule has 0 bridgehead atoms. The van der Waals surface area contributed by atoms with Gasteiger partial charge in [-0.1, -0.05) is 12.1 Å². The van der Waals surface area contributed by atoms with Gasteiger partial charge in [0.25, 0.3) is 5.91 Å². The van der Waals surface area contributed by atoms with Crippen LogP contribution < -0.4 is 21.9 Å². The number of aromatic nitrogens is 4. The Morgan fingerprint density at radius 2 is 1.77 bits per heavy atom. The van der Waals surface area contributed by atoms with Crippen molar-refractivity contribution >= 4 is 24.0 Å². The van der Waals surface area contributed by atoms with Gasteiger partial charge in [-0.25, -0.2) is 20.8 Å². The number of hydrazine groups is 1. The number of nitrogens with one attached hydrogen (secondary N) is 3. The Morgan fingerprint density at radius 3 is 2.38 bits per heavy atom. The summed E-state index contributed by atoms with van der Waals surface area (Å²) in [5, 5.41) is 5.22. The number of amides is 3. The minimum atomic E-state index is -4.68. The largest absolute Gasteiger partial charge is 0.451 e. The molecule has 0 atom stereocenters. The molecule has 0 radical (unpaired) electrons. The number of halogens is 3. The maximum atomic E-state index is 13.2. The van der Waals surface area contributed by atoms with Crippen LogP contribution in [0.15, 0.2) is 66.5 Å². The highest BCUT2D eigenvalue weighted by Gasteiger charge is 2.34. The normalized spacial score (nSPS) is 11.7. The molecule has 3 amide bonds. The summed E-state index contributed by atoms with van der Waals surface area (Å²) in [7, 11) is 2.87. The van der Waals surface area contributed by atoms with Gasteiger partial charge in [0.2, 0.25) is 18.1 Å². The number of hydrogen-bond acceptors (Lipinski definition) is 10. The van der Waals surface area contributed by atoms with Gasteiger partial charge in [-0.2, -0.15) is 13.2 Å². The fourth-order valence-corrected chi connectivity index (χ4v) is 3.29. The number of nitrogens with two attached hydrogens (primary N) is 1. The van der Waals surface area contributed by atoms with E-state index in [1.54, 1.807) is 24.4 Å². The Labute approximate surface area is 226 Å². The summed E-state index contributed by atoms with van der Waals surface area (Å²) < 4.78 is 38.2. The molecule has 0 aliphatic rings. The highest BCUT2D eigenvalue weighted by molar-refractivity contribution is 5.96. The third kappa shape index (κ3) is 7.70. The summed E-state index contributed by atoms with van der Waals surface area (Å²) in [4.78, 5) is 54.6. The molecule has 0 aliphatic heterocycles. The van der Waals surface area contributed by atoms with Crippen LogP contribution in [0, 0.1) is 0 Å². The molecule has 3 aromatic rings. The Morgan fingerprint density at radius 1 is 1.05 bits per heavy atom. The van der Waals surface area contributed by atoms with Gasteiger partial charge >= 0.3 is 6.18 Å². The molecule has 0 unspecified atom stereocenters. The van der Waals surface area contributed by atoms with Crippen molar-refractivity contribution in [1.29, 1.82) is 0 Å².